The molecule has 0 aliphatic rings. The summed E-state index contributed by atoms with van der Waals surface area (Å²) in [5, 5.41) is 2.85. The molecule has 0 saturated heterocycles. The van der Waals surface area contributed by atoms with Gasteiger partial charge in [-0.15, -0.1) is 0 Å². The number of carbonyl (C=O) groups is 2. The van der Waals surface area contributed by atoms with Gasteiger partial charge in [-0.25, -0.2) is 4.79 Å². The lowest BCUT2D eigenvalue weighted by Gasteiger charge is -2.28. The van der Waals surface area contributed by atoms with Crippen molar-refractivity contribution in [3.63, 3.8) is 0 Å². The molecule has 0 unspecified atom stereocenters. The molecule has 2 aromatic carbocycles. The second-order valence-corrected chi connectivity index (χ2v) is 10.7. The minimum absolute atomic E-state index is 0.0643. The highest BCUT2D eigenvalue weighted by Gasteiger charge is 2.23. The molecule has 0 aliphatic carbocycles. The van der Waals surface area contributed by atoms with E-state index in [0.717, 1.165) is 11.1 Å². The Morgan fingerprint density at radius 1 is 0.800 bits per heavy atom. The fraction of sp³-hybridized carbons (Fsp3) is 0.345. The standard InChI is InChI=1S/C29H35N3O3/c1-28(2,3)24-13-9-22(10-14-24)20-32(27(34)35-29(4,5)6)19-21-7-11-23(12-8-21)26(33)31-25-15-17-30-18-16-25/h7-18H,19-20H2,1-6H3,(H,30,31,33). The Kier molecular flexibility index (Phi) is 7.95. The van der Waals surface area contributed by atoms with E-state index in [-0.39, 0.29) is 17.4 Å². The van der Waals surface area contributed by atoms with Gasteiger partial charge in [-0.2, -0.15) is 0 Å². The average Bonchev–Trinajstić information content (AvgIpc) is 2.78. The molecule has 0 bridgehead atoms. The first kappa shape index (κ1) is 25.9. The van der Waals surface area contributed by atoms with Crippen molar-refractivity contribution < 1.29 is 14.3 Å². The molecule has 0 atom stereocenters. The van der Waals surface area contributed by atoms with Crippen LogP contribution >= 0.6 is 0 Å². The van der Waals surface area contributed by atoms with E-state index < -0.39 is 5.60 Å². The van der Waals surface area contributed by atoms with Crippen LogP contribution in [0, 0.1) is 0 Å². The van der Waals surface area contributed by atoms with Crippen molar-refractivity contribution in [1.29, 1.82) is 0 Å². The number of hydrogen-bond donors (Lipinski definition) is 1. The number of amides is 2. The Balaban J connectivity index is 1.74. The van der Waals surface area contributed by atoms with Gasteiger partial charge in [0, 0.05) is 36.7 Å². The fourth-order valence-corrected chi connectivity index (χ4v) is 3.46. The summed E-state index contributed by atoms with van der Waals surface area (Å²) in [6.07, 6.45) is 2.87. The Hall–Kier alpha value is -3.67. The molecule has 2 amide bonds. The molecule has 0 spiro atoms. The number of ether oxygens (including phenoxy) is 1. The average molecular weight is 474 g/mol. The molecule has 1 aromatic heterocycles. The Labute approximate surface area is 208 Å². The van der Waals surface area contributed by atoms with Gasteiger partial charge in [-0.05, 0) is 67.1 Å². The molecule has 0 aliphatic heterocycles. The van der Waals surface area contributed by atoms with E-state index in [1.165, 1.54) is 5.56 Å². The van der Waals surface area contributed by atoms with E-state index >= 15 is 0 Å². The van der Waals surface area contributed by atoms with Crippen molar-refractivity contribution >= 4 is 17.7 Å². The molecule has 184 valence electrons. The van der Waals surface area contributed by atoms with Crippen molar-refractivity contribution in [2.45, 2.75) is 65.6 Å². The summed E-state index contributed by atoms with van der Waals surface area (Å²) >= 11 is 0. The zero-order valence-electron chi connectivity index (χ0n) is 21.5. The first-order valence-electron chi connectivity index (χ1n) is 11.8. The smallest absolute Gasteiger partial charge is 0.410 e. The number of carbonyl (C=O) groups excluding carboxylic acids is 2. The lowest BCUT2D eigenvalue weighted by molar-refractivity contribution is 0.0216. The molecular weight excluding hydrogens is 438 g/mol. The summed E-state index contributed by atoms with van der Waals surface area (Å²) in [6, 6.07) is 19.1. The van der Waals surface area contributed by atoms with Crippen molar-refractivity contribution in [2.75, 3.05) is 5.32 Å². The third-order valence-corrected chi connectivity index (χ3v) is 5.37. The molecule has 3 rings (SSSR count). The predicted molar refractivity (Wildman–Crippen MR) is 139 cm³/mol. The zero-order chi connectivity index (χ0) is 25.6. The highest BCUT2D eigenvalue weighted by molar-refractivity contribution is 6.04. The topological polar surface area (TPSA) is 71.5 Å². The number of anilines is 1. The van der Waals surface area contributed by atoms with Crippen molar-refractivity contribution in [3.05, 3.63) is 95.3 Å². The van der Waals surface area contributed by atoms with Gasteiger partial charge in [0.2, 0.25) is 0 Å². The number of nitrogens with zero attached hydrogens (tertiary/aromatic N) is 2. The maximum Gasteiger partial charge on any atom is 0.410 e. The number of benzene rings is 2. The van der Waals surface area contributed by atoms with Crippen LogP contribution in [0.25, 0.3) is 0 Å². The molecule has 1 heterocycles. The summed E-state index contributed by atoms with van der Waals surface area (Å²) in [5.41, 5.74) is 3.86. The number of hydrogen-bond acceptors (Lipinski definition) is 4. The van der Waals surface area contributed by atoms with Crippen LogP contribution in [0.4, 0.5) is 10.5 Å². The van der Waals surface area contributed by atoms with E-state index in [0.29, 0.717) is 24.3 Å². The van der Waals surface area contributed by atoms with Gasteiger partial charge >= 0.3 is 6.09 Å². The molecule has 0 fully saturated rings. The molecule has 0 radical (unpaired) electrons. The molecular formula is C29H35N3O3. The van der Waals surface area contributed by atoms with Crippen molar-refractivity contribution in [3.8, 4) is 0 Å². The quantitative estimate of drug-likeness (QED) is 0.440. The fourth-order valence-electron chi connectivity index (χ4n) is 3.46. The van der Waals surface area contributed by atoms with E-state index in [1.807, 2.05) is 32.9 Å². The third-order valence-electron chi connectivity index (χ3n) is 5.37. The number of rotatable bonds is 6. The highest BCUT2D eigenvalue weighted by atomic mass is 16.6. The van der Waals surface area contributed by atoms with Crippen LogP contribution in [0.5, 0.6) is 0 Å². The molecule has 6 nitrogen and oxygen atoms in total. The van der Waals surface area contributed by atoms with Crippen molar-refractivity contribution in [2.24, 2.45) is 0 Å². The molecule has 3 aromatic rings. The maximum absolute atomic E-state index is 13.0. The van der Waals surface area contributed by atoms with Gasteiger partial charge in [-0.3, -0.25) is 14.7 Å². The maximum atomic E-state index is 13.0. The van der Waals surface area contributed by atoms with Crippen LogP contribution in [0.2, 0.25) is 0 Å². The van der Waals surface area contributed by atoms with E-state index in [9.17, 15) is 9.59 Å². The molecule has 35 heavy (non-hydrogen) atoms. The number of pyridine rings is 1. The largest absolute Gasteiger partial charge is 0.444 e. The van der Waals surface area contributed by atoms with E-state index in [2.05, 4.69) is 55.3 Å². The summed E-state index contributed by atoms with van der Waals surface area (Å²) in [6.45, 7) is 12.9. The minimum Gasteiger partial charge on any atom is -0.444 e. The third kappa shape index (κ3) is 7.95. The second kappa shape index (κ2) is 10.7. The van der Waals surface area contributed by atoms with E-state index in [1.54, 1.807) is 41.6 Å². The molecule has 6 heteroatoms. The summed E-state index contributed by atoms with van der Waals surface area (Å²) in [4.78, 5) is 31.2. The van der Waals surface area contributed by atoms with Gasteiger partial charge < -0.3 is 10.1 Å². The number of nitrogens with one attached hydrogen (secondary N) is 1. The van der Waals surface area contributed by atoms with Gasteiger partial charge in [0.1, 0.15) is 5.60 Å². The van der Waals surface area contributed by atoms with Crippen LogP contribution in [-0.4, -0.2) is 27.5 Å². The van der Waals surface area contributed by atoms with Gasteiger partial charge in [0.05, 0.1) is 0 Å². The second-order valence-electron chi connectivity index (χ2n) is 10.7. The normalized spacial score (nSPS) is 11.6. The Morgan fingerprint density at radius 2 is 1.31 bits per heavy atom. The first-order valence-corrected chi connectivity index (χ1v) is 11.8. The van der Waals surface area contributed by atoms with Crippen LogP contribution in [0.1, 0.15) is 68.6 Å². The first-order chi connectivity index (χ1) is 16.4. The number of aromatic nitrogens is 1. The lowest BCUT2D eigenvalue weighted by Crippen LogP contribution is -2.36. The SMILES string of the molecule is CC(C)(C)OC(=O)N(Cc1ccc(C(=O)Nc2ccncc2)cc1)Cc1ccc(C(C)(C)C)cc1. The highest BCUT2D eigenvalue weighted by Crippen LogP contribution is 2.23. The Bertz CT molecular complexity index is 1130. The van der Waals surface area contributed by atoms with Crippen LogP contribution in [-0.2, 0) is 23.2 Å². The summed E-state index contributed by atoms with van der Waals surface area (Å²) in [7, 11) is 0. The zero-order valence-corrected chi connectivity index (χ0v) is 21.5. The van der Waals surface area contributed by atoms with Crippen molar-refractivity contribution in [1.82, 2.24) is 9.88 Å². The Morgan fingerprint density at radius 3 is 1.80 bits per heavy atom. The van der Waals surface area contributed by atoms with Gasteiger partial charge in [-0.1, -0.05) is 57.2 Å². The summed E-state index contributed by atoms with van der Waals surface area (Å²) < 4.78 is 5.67. The van der Waals surface area contributed by atoms with Gasteiger partial charge in [0.25, 0.3) is 5.91 Å². The lowest BCUT2D eigenvalue weighted by atomic mass is 9.87. The van der Waals surface area contributed by atoms with Crippen LogP contribution in [0.15, 0.2) is 73.1 Å². The monoisotopic (exact) mass is 473 g/mol. The van der Waals surface area contributed by atoms with E-state index in [4.69, 9.17) is 4.74 Å². The summed E-state index contributed by atoms with van der Waals surface area (Å²) in [5.74, 6) is -0.203. The molecule has 1 N–H and O–H groups in total. The van der Waals surface area contributed by atoms with Crippen LogP contribution < -0.4 is 5.32 Å². The minimum atomic E-state index is -0.597. The van der Waals surface area contributed by atoms with Crippen LogP contribution in [0.3, 0.4) is 0 Å². The van der Waals surface area contributed by atoms with Gasteiger partial charge in [0.15, 0.2) is 0 Å². The molecule has 0 saturated carbocycles. The predicted octanol–water partition coefficient (Wildman–Crippen LogP) is 6.57.